The Morgan fingerprint density at radius 2 is 1.91 bits per heavy atom. The number of hydrogen-bond donors (Lipinski definition) is 3. The van der Waals surface area contributed by atoms with E-state index in [0.717, 1.165) is 24.3 Å². The molecule has 0 saturated carbocycles. The number of carboxylic acid groups (broad SMARTS) is 1. The molecule has 0 atom stereocenters. The van der Waals surface area contributed by atoms with Crippen molar-refractivity contribution in [1.29, 1.82) is 0 Å². The lowest BCUT2D eigenvalue weighted by molar-refractivity contribution is 0.0694. The van der Waals surface area contributed by atoms with Gasteiger partial charge in [0.2, 0.25) is 0 Å². The van der Waals surface area contributed by atoms with Gasteiger partial charge in [0.25, 0.3) is 10.0 Å². The monoisotopic (exact) mass is 345 g/mol. The summed E-state index contributed by atoms with van der Waals surface area (Å²) in [6.45, 7) is 0. The Labute approximate surface area is 129 Å². The molecule has 0 aliphatic carbocycles. The van der Waals surface area contributed by atoms with Gasteiger partial charge in [-0.25, -0.2) is 17.6 Å². The number of hydrogen-bond acceptors (Lipinski definition) is 4. The first-order valence-electron chi connectivity index (χ1n) is 5.75. The Morgan fingerprint density at radius 1 is 1.23 bits per heavy atom. The quantitative estimate of drug-likeness (QED) is 0.790. The molecule has 2 rings (SSSR count). The van der Waals surface area contributed by atoms with Crippen molar-refractivity contribution in [2.75, 3.05) is 4.72 Å². The van der Waals surface area contributed by atoms with Gasteiger partial charge in [0.05, 0.1) is 10.7 Å². The number of benzene rings is 2. The molecule has 0 fully saturated rings. The third kappa shape index (κ3) is 3.12. The molecule has 2 aromatic rings. The lowest BCUT2D eigenvalue weighted by Crippen LogP contribution is -2.15. The van der Waals surface area contributed by atoms with Gasteiger partial charge >= 0.3 is 5.97 Å². The molecule has 9 heteroatoms. The summed E-state index contributed by atoms with van der Waals surface area (Å²) >= 11 is 5.53. The second-order valence-electron chi connectivity index (χ2n) is 4.19. The van der Waals surface area contributed by atoms with E-state index in [1.807, 2.05) is 4.72 Å². The number of nitrogens with one attached hydrogen (secondary N) is 1. The highest BCUT2D eigenvalue weighted by molar-refractivity contribution is 7.92. The van der Waals surface area contributed by atoms with Gasteiger partial charge in [-0.05, 0) is 24.3 Å². The zero-order valence-electron chi connectivity index (χ0n) is 10.7. The molecule has 0 aliphatic heterocycles. The van der Waals surface area contributed by atoms with E-state index in [2.05, 4.69) is 0 Å². The first-order valence-corrected chi connectivity index (χ1v) is 7.61. The highest BCUT2D eigenvalue weighted by atomic mass is 35.5. The Hall–Kier alpha value is -2.32. The fraction of sp³-hybridized carbons (Fsp3) is 0. The molecule has 0 spiro atoms. The van der Waals surface area contributed by atoms with Gasteiger partial charge < -0.3 is 10.2 Å². The van der Waals surface area contributed by atoms with Gasteiger partial charge in [-0.2, -0.15) is 0 Å². The van der Waals surface area contributed by atoms with Gasteiger partial charge in [-0.3, -0.25) is 4.72 Å². The third-order valence-electron chi connectivity index (χ3n) is 2.69. The molecule has 6 nitrogen and oxygen atoms in total. The molecule has 0 aromatic heterocycles. The largest absolute Gasteiger partial charge is 0.507 e. The smallest absolute Gasteiger partial charge is 0.339 e. The molecule has 0 bridgehead atoms. The molecule has 0 unspecified atom stereocenters. The van der Waals surface area contributed by atoms with Crippen LogP contribution in [0.15, 0.2) is 41.3 Å². The number of phenols is 1. The number of carboxylic acids is 1. The van der Waals surface area contributed by atoms with E-state index < -0.39 is 38.0 Å². The van der Waals surface area contributed by atoms with Gasteiger partial charge in [0.1, 0.15) is 16.2 Å². The zero-order valence-corrected chi connectivity index (χ0v) is 12.3. The topological polar surface area (TPSA) is 104 Å². The third-order valence-corrected chi connectivity index (χ3v) is 4.38. The van der Waals surface area contributed by atoms with Crippen LogP contribution in [0.1, 0.15) is 10.4 Å². The van der Waals surface area contributed by atoms with Crippen LogP contribution in [-0.2, 0) is 10.0 Å². The highest BCUT2D eigenvalue weighted by Gasteiger charge is 2.21. The standard InChI is InChI=1S/C13H9ClFNO5S/c14-9-2-1-3-11(12(9)15)22(20,21)16-7-4-5-8(13(18)19)10(17)6-7/h1-6,16-17H,(H,18,19). The molecule has 116 valence electrons. The number of aromatic carboxylic acids is 1. The Kier molecular flexibility index (Phi) is 4.25. The van der Waals surface area contributed by atoms with Crippen molar-refractivity contribution in [3.63, 3.8) is 0 Å². The molecular formula is C13H9ClFNO5S. The van der Waals surface area contributed by atoms with Gasteiger partial charge in [0.15, 0.2) is 5.82 Å². The van der Waals surface area contributed by atoms with Crippen molar-refractivity contribution in [1.82, 2.24) is 0 Å². The van der Waals surface area contributed by atoms with Crippen LogP contribution in [0.25, 0.3) is 0 Å². The molecule has 2 aromatic carbocycles. The maximum absolute atomic E-state index is 13.8. The summed E-state index contributed by atoms with van der Waals surface area (Å²) < 4.78 is 40.0. The SMILES string of the molecule is O=C(O)c1ccc(NS(=O)(=O)c2cccc(Cl)c2F)cc1O. The van der Waals surface area contributed by atoms with Gasteiger partial charge in [-0.1, -0.05) is 17.7 Å². The van der Waals surface area contributed by atoms with Crippen molar-refractivity contribution in [2.45, 2.75) is 4.90 Å². The van der Waals surface area contributed by atoms with Crippen molar-refractivity contribution >= 4 is 33.3 Å². The highest BCUT2D eigenvalue weighted by Crippen LogP contribution is 2.26. The van der Waals surface area contributed by atoms with E-state index in [9.17, 15) is 22.7 Å². The number of anilines is 1. The van der Waals surface area contributed by atoms with Crippen molar-refractivity contribution in [3.8, 4) is 5.75 Å². The van der Waals surface area contributed by atoms with Gasteiger partial charge in [-0.15, -0.1) is 0 Å². The van der Waals surface area contributed by atoms with E-state index in [4.69, 9.17) is 16.7 Å². The van der Waals surface area contributed by atoms with E-state index in [-0.39, 0.29) is 10.7 Å². The van der Waals surface area contributed by atoms with Crippen LogP contribution < -0.4 is 4.72 Å². The Morgan fingerprint density at radius 3 is 2.50 bits per heavy atom. The van der Waals surface area contributed by atoms with Crippen LogP contribution in [-0.4, -0.2) is 24.6 Å². The molecule has 0 radical (unpaired) electrons. The summed E-state index contributed by atoms with van der Waals surface area (Å²) in [5.41, 5.74) is -0.515. The minimum absolute atomic E-state index is 0.123. The molecular weight excluding hydrogens is 337 g/mol. The number of aromatic hydroxyl groups is 1. The molecule has 0 heterocycles. The van der Waals surface area contributed by atoms with Crippen molar-refractivity contribution in [3.05, 3.63) is 52.8 Å². The minimum atomic E-state index is -4.28. The minimum Gasteiger partial charge on any atom is -0.507 e. The average molecular weight is 346 g/mol. The van der Waals surface area contributed by atoms with Crippen LogP contribution >= 0.6 is 11.6 Å². The maximum Gasteiger partial charge on any atom is 0.339 e. The van der Waals surface area contributed by atoms with Crippen molar-refractivity contribution < 1.29 is 27.8 Å². The predicted molar refractivity (Wildman–Crippen MR) is 77.3 cm³/mol. The average Bonchev–Trinajstić information content (AvgIpc) is 2.40. The number of carbonyl (C=O) groups is 1. The molecule has 0 saturated heterocycles. The summed E-state index contributed by atoms with van der Waals surface area (Å²) in [5, 5.41) is 17.9. The fourth-order valence-electron chi connectivity index (χ4n) is 1.68. The van der Waals surface area contributed by atoms with Gasteiger partial charge in [0, 0.05) is 6.07 Å². The molecule has 22 heavy (non-hydrogen) atoms. The van der Waals surface area contributed by atoms with Crippen LogP contribution in [0, 0.1) is 5.82 Å². The molecule has 3 N–H and O–H groups in total. The Balaban J connectivity index is 2.39. The van der Waals surface area contributed by atoms with E-state index in [1.165, 1.54) is 12.1 Å². The first-order chi connectivity index (χ1) is 10.2. The van der Waals surface area contributed by atoms with E-state index in [1.54, 1.807) is 0 Å². The van der Waals surface area contributed by atoms with E-state index >= 15 is 0 Å². The van der Waals surface area contributed by atoms with Crippen LogP contribution in [0.5, 0.6) is 5.75 Å². The summed E-state index contributed by atoms with van der Waals surface area (Å²) in [4.78, 5) is 10.1. The second kappa shape index (κ2) is 5.82. The summed E-state index contributed by atoms with van der Waals surface area (Å²) in [6, 6.07) is 6.54. The second-order valence-corrected chi connectivity index (χ2v) is 6.25. The number of sulfonamides is 1. The van der Waals surface area contributed by atoms with Crippen LogP contribution in [0.3, 0.4) is 0 Å². The lowest BCUT2D eigenvalue weighted by atomic mass is 10.2. The van der Waals surface area contributed by atoms with Crippen LogP contribution in [0.2, 0.25) is 5.02 Å². The molecule has 0 aliphatic rings. The normalized spacial score (nSPS) is 11.2. The lowest BCUT2D eigenvalue weighted by Gasteiger charge is -2.10. The summed E-state index contributed by atoms with van der Waals surface area (Å²) in [6.07, 6.45) is 0. The predicted octanol–water partition coefficient (Wildman–Crippen LogP) is 2.68. The van der Waals surface area contributed by atoms with E-state index in [0.29, 0.717) is 0 Å². The Bertz CT molecular complexity index is 854. The first kappa shape index (κ1) is 16.1. The van der Waals surface area contributed by atoms with Crippen molar-refractivity contribution in [2.24, 2.45) is 0 Å². The molecule has 0 amide bonds. The summed E-state index contributed by atoms with van der Waals surface area (Å²) in [5.74, 6) is -3.10. The number of halogens is 2. The van der Waals surface area contributed by atoms with Crippen LogP contribution in [0.4, 0.5) is 10.1 Å². The zero-order chi connectivity index (χ0) is 16.5. The maximum atomic E-state index is 13.8. The summed E-state index contributed by atoms with van der Waals surface area (Å²) in [7, 11) is -4.28. The number of rotatable bonds is 4. The fourth-order valence-corrected chi connectivity index (χ4v) is 3.06.